The van der Waals surface area contributed by atoms with Crippen LogP contribution in [0.25, 0.3) is 22.2 Å². The number of amides is 1. The number of nitrogens with one attached hydrogen (secondary N) is 1. The molecule has 8 heteroatoms. The van der Waals surface area contributed by atoms with Crippen molar-refractivity contribution < 1.29 is 17.9 Å². The Morgan fingerprint density at radius 1 is 1.03 bits per heavy atom. The number of rotatable bonds is 6. The maximum Gasteiger partial charge on any atom is 0.240 e. The molecule has 1 aliphatic heterocycles. The number of hydrogen-bond donors (Lipinski definition) is 1. The average molecular weight is 524 g/mol. The molecule has 1 saturated heterocycles. The summed E-state index contributed by atoms with van der Waals surface area (Å²) in [5.41, 5.74) is 3.01. The van der Waals surface area contributed by atoms with E-state index >= 15 is 0 Å². The van der Waals surface area contributed by atoms with Crippen LogP contribution in [-0.4, -0.2) is 55.6 Å². The van der Waals surface area contributed by atoms with Crippen LogP contribution in [0.5, 0.6) is 0 Å². The van der Waals surface area contributed by atoms with Gasteiger partial charge in [-0.2, -0.15) is 0 Å². The molecular weight excluding hydrogens is 486 g/mol. The van der Waals surface area contributed by atoms with Crippen LogP contribution in [0.1, 0.15) is 39.5 Å². The Morgan fingerprint density at radius 2 is 1.76 bits per heavy atom. The standard InChI is InChI=1S/C29H37N3O4S/c1-20(2)28-19-36-16-15-32(28)29(33)22-9-12-24(13-10-22)30-37(34,35)25-14-11-23-17-26(31(3)27(23)18-25)21-7-5-4-6-8-21/h4-8,11,14,17-18,20,22,24,28,30H,9-10,12-13,15-16,19H2,1-3H3/t22?,24?,28-/m1/s1. The van der Waals surface area contributed by atoms with Crippen LogP contribution < -0.4 is 4.72 Å². The van der Waals surface area contributed by atoms with Crippen LogP contribution in [0.4, 0.5) is 0 Å². The molecule has 0 unspecified atom stereocenters. The highest BCUT2D eigenvalue weighted by molar-refractivity contribution is 7.89. The Bertz CT molecular complexity index is 1360. The Hall–Kier alpha value is -2.68. The number of sulfonamides is 1. The largest absolute Gasteiger partial charge is 0.377 e. The van der Waals surface area contributed by atoms with Crippen molar-refractivity contribution in [3.63, 3.8) is 0 Å². The van der Waals surface area contributed by atoms with Gasteiger partial charge in [-0.05, 0) is 55.4 Å². The maximum absolute atomic E-state index is 13.3. The summed E-state index contributed by atoms with van der Waals surface area (Å²) in [4.78, 5) is 15.5. The van der Waals surface area contributed by atoms with E-state index in [0.29, 0.717) is 51.4 Å². The number of ether oxygens (including phenoxy) is 1. The second-order valence-electron chi connectivity index (χ2n) is 10.8. The quantitative estimate of drug-likeness (QED) is 0.514. The molecule has 0 spiro atoms. The zero-order valence-corrected chi connectivity index (χ0v) is 22.7. The van der Waals surface area contributed by atoms with Crippen LogP contribution in [0.3, 0.4) is 0 Å². The van der Waals surface area contributed by atoms with Crippen molar-refractivity contribution >= 4 is 26.8 Å². The third-order valence-electron chi connectivity index (χ3n) is 8.01. The topological polar surface area (TPSA) is 80.6 Å². The van der Waals surface area contributed by atoms with Crippen molar-refractivity contribution in [3.05, 3.63) is 54.6 Å². The van der Waals surface area contributed by atoms with Crippen molar-refractivity contribution in [2.24, 2.45) is 18.9 Å². The molecule has 198 valence electrons. The Kier molecular flexibility index (Phi) is 7.43. The van der Waals surface area contributed by atoms with Gasteiger partial charge in [0.25, 0.3) is 0 Å². The third kappa shape index (κ3) is 5.33. The highest BCUT2D eigenvalue weighted by Crippen LogP contribution is 2.31. The van der Waals surface area contributed by atoms with E-state index in [1.165, 1.54) is 0 Å². The average Bonchev–Trinajstić information content (AvgIpc) is 3.24. The number of benzene rings is 2. The van der Waals surface area contributed by atoms with Crippen LogP contribution in [0, 0.1) is 11.8 Å². The molecule has 1 amide bonds. The molecule has 2 heterocycles. The molecular formula is C29H37N3O4S. The smallest absolute Gasteiger partial charge is 0.240 e. The van der Waals surface area contributed by atoms with Gasteiger partial charge < -0.3 is 14.2 Å². The molecule has 0 bridgehead atoms. The first-order valence-electron chi connectivity index (χ1n) is 13.3. The van der Waals surface area contributed by atoms with Crippen LogP contribution in [0.15, 0.2) is 59.5 Å². The fraction of sp³-hybridized carbons (Fsp3) is 0.483. The van der Waals surface area contributed by atoms with Gasteiger partial charge in [0.1, 0.15) is 0 Å². The van der Waals surface area contributed by atoms with E-state index in [-0.39, 0.29) is 28.8 Å². The lowest BCUT2D eigenvalue weighted by molar-refractivity contribution is -0.147. The van der Waals surface area contributed by atoms with Gasteiger partial charge in [-0.3, -0.25) is 4.79 Å². The minimum absolute atomic E-state index is 0.0452. The summed E-state index contributed by atoms with van der Waals surface area (Å²) in [6.07, 6.45) is 2.73. The number of aryl methyl sites for hydroxylation is 1. The number of fused-ring (bicyclic) bond motifs is 1. The normalized spacial score (nSPS) is 23.0. The summed E-state index contributed by atoms with van der Waals surface area (Å²) in [6, 6.07) is 17.4. The van der Waals surface area contributed by atoms with Crippen molar-refractivity contribution in [2.75, 3.05) is 19.8 Å². The van der Waals surface area contributed by atoms with Gasteiger partial charge in [-0.25, -0.2) is 13.1 Å². The molecule has 2 aromatic carbocycles. The number of hydrogen-bond acceptors (Lipinski definition) is 4. The highest BCUT2D eigenvalue weighted by atomic mass is 32.2. The van der Waals surface area contributed by atoms with E-state index in [4.69, 9.17) is 4.74 Å². The summed E-state index contributed by atoms with van der Waals surface area (Å²) in [7, 11) is -1.71. The molecule has 1 N–H and O–H groups in total. The van der Waals surface area contributed by atoms with E-state index in [2.05, 4.69) is 36.8 Å². The first-order chi connectivity index (χ1) is 17.7. The Morgan fingerprint density at radius 3 is 2.46 bits per heavy atom. The fourth-order valence-electron chi connectivity index (χ4n) is 5.79. The zero-order chi connectivity index (χ0) is 26.2. The summed E-state index contributed by atoms with van der Waals surface area (Å²) >= 11 is 0. The number of aromatic nitrogens is 1. The minimum Gasteiger partial charge on any atom is -0.377 e. The highest BCUT2D eigenvalue weighted by Gasteiger charge is 2.36. The van der Waals surface area contributed by atoms with Crippen LogP contribution in [0.2, 0.25) is 0 Å². The van der Waals surface area contributed by atoms with Crippen molar-refractivity contribution in [3.8, 4) is 11.3 Å². The van der Waals surface area contributed by atoms with Gasteiger partial charge >= 0.3 is 0 Å². The zero-order valence-electron chi connectivity index (χ0n) is 21.9. The first-order valence-corrected chi connectivity index (χ1v) is 14.8. The molecule has 1 aromatic heterocycles. The van der Waals surface area contributed by atoms with Crippen molar-refractivity contribution in [1.29, 1.82) is 0 Å². The fourth-order valence-corrected chi connectivity index (χ4v) is 7.12. The lowest BCUT2D eigenvalue weighted by Gasteiger charge is -2.41. The van der Waals surface area contributed by atoms with E-state index in [0.717, 1.165) is 22.2 Å². The van der Waals surface area contributed by atoms with E-state index in [1.807, 2.05) is 40.8 Å². The molecule has 3 aromatic rings. The number of morpholine rings is 1. The predicted molar refractivity (Wildman–Crippen MR) is 146 cm³/mol. The van der Waals surface area contributed by atoms with Crippen molar-refractivity contribution in [2.45, 2.75) is 56.5 Å². The summed E-state index contributed by atoms with van der Waals surface area (Å²) in [5, 5.41) is 1.00. The molecule has 7 nitrogen and oxygen atoms in total. The number of nitrogens with zero attached hydrogens (tertiary/aromatic N) is 2. The summed E-state index contributed by atoms with van der Waals surface area (Å²) in [6.45, 7) is 6.07. The third-order valence-corrected chi connectivity index (χ3v) is 9.53. The second-order valence-corrected chi connectivity index (χ2v) is 12.5. The van der Waals surface area contributed by atoms with Gasteiger partial charge in [0, 0.05) is 42.1 Å². The first kappa shape index (κ1) is 25.9. The minimum atomic E-state index is -3.68. The molecule has 5 rings (SSSR count). The molecule has 1 atom stereocenters. The van der Waals surface area contributed by atoms with Crippen molar-refractivity contribution in [1.82, 2.24) is 14.2 Å². The second kappa shape index (κ2) is 10.6. The maximum atomic E-state index is 13.3. The lowest BCUT2D eigenvalue weighted by atomic mass is 9.85. The number of carbonyl (C=O) groups is 1. The van der Waals surface area contributed by atoms with Gasteiger partial charge in [-0.15, -0.1) is 0 Å². The van der Waals surface area contributed by atoms with E-state index in [9.17, 15) is 13.2 Å². The SMILES string of the molecule is CC(C)[C@H]1COCCN1C(=O)C1CCC(NS(=O)(=O)c2ccc3cc(-c4ccccc4)n(C)c3c2)CC1. The Balaban J connectivity index is 1.25. The molecule has 1 saturated carbocycles. The lowest BCUT2D eigenvalue weighted by Crippen LogP contribution is -2.53. The van der Waals surface area contributed by atoms with Crippen LogP contribution >= 0.6 is 0 Å². The van der Waals surface area contributed by atoms with E-state index < -0.39 is 10.0 Å². The van der Waals surface area contributed by atoms with Gasteiger partial charge in [-0.1, -0.05) is 50.2 Å². The monoisotopic (exact) mass is 523 g/mol. The summed E-state index contributed by atoms with van der Waals surface area (Å²) in [5.74, 6) is 0.501. The van der Waals surface area contributed by atoms with Gasteiger partial charge in [0.15, 0.2) is 0 Å². The molecule has 1 aliphatic carbocycles. The Labute approximate surface area is 219 Å². The molecule has 2 fully saturated rings. The molecule has 0 radical (unpaired) electrons. The predicted octanol–water partition coefficient (Wildman–Crippen LogP) is 4.57. The van der Waals surface area contributed by atoms with Crippen LogP contribution in [-0.2, 0) is 26.6 Å². The van der Waals surface area contributed by atoms with Gasteiger partial charge in [0.05, 0.1) is 24.2 Å². The van der Waals surface area contributed by atoms with E-state index in [1.54, 1.807) is 12.1 Å². The molecule has 2 aliphatic rings. The van der Waals surface area contributed by atoms with Gasteiger partial charge in [0.2, 0.25) is 15.9 Å². The molecule has 37 heavy (non-hydrogen) atoms. The number of carbonyl (C=O) groups excluding carboxylic acids is 1. The summed E-state index contributed by atoms with van der Waals surface area (Å²) < 4.78 is 37.2.